The molecule has 0 radical (unpaired) electrons. The van der Waals surface area contributed by atoms with Crippen LogP contribution in [0.25, 0.3) is 10.9 Å². The molecule has 0 aliphatic carbocycles. The molecule has 1 aromatic heterocycles. The van der Waals surface area contributed by atoms with Gasteiger partial charge in [-0.15, -0.1) is 11.6 Å². The summed E-state index contributed by atoms with van der Waals surface area (Å²) in [4.78, 5) is 14.7. The number of nitro benzene ring substituents is 1. The lowest BCUT2D eigenvalue weighted by Crippen LogP contribution is -2.36. The van der Waals surface area contributed by atoms with Gasteiger partial charge in [-0.05, 0) is 25.1 Å². The number of aromatic hydroxyl groups is 1. The van der Waals surface area contributed by atoms with Gasteiger partial charge in [0.2, 0.25) is 5.75 Å². The van der Waals surface area contributed by atoms with Crippen molar-refractivity contribution in [3.05, 3.63) is 40.1 Å². The summed E-state index contributed by atoms with van der Waals surface area (Å²) in [5.41, 5.74) is 0.684. The molecular weight excluding hydrogens is 294 g/mol. The average Bonchev–Trinajstić information content (AvgIpc) is 2.47. The number of phenols is 1. The molecule has 1 aliphatic heterocycles. The second kappa shape index (κ2) is 5.46. The Balaban J connectivity index is 2.09. The van der Waals surface area contributed by atoms with Crippen molar-refractivity contribution in [3.63, 3.8) is 0 Å². The second-order valence-electron chi connectivity index (χ2n) is 5.11. The molecule has 1 saturated heterocycles. The van der Waals surface area contributed by atoms with Gasteiger partial charge < -0.3 is 10.4 Å². The van der Waals surface area contributed by atoms with Crippen LogP contribution in [0.4, 0.5) is 5.69 Å². The zero-order valence-corrected chi connectivity index (χ0v) is 11.9. The fraction of sp³-hybridized carbons (Fsp3) is 0.357. The summed E-state index contributed by atoms with van der Waals surface area (Å²) in [7, 11) is 0. The Morgan fingerprint density at radius 3 is 2.86 bits per heavy atom. The number of phenolic OH excluding ortho intramolecular Hbond substituents is 1. The molecule has 2 aromatic rings. The minimum absolute atomic E-state index is 0.0791. The summed E-state index contributed by atoms with van der Waals surface area (Å²) in [5, 5.41) is 24.7. The normalized spacial score (nSPS) is 22.3. The molecule has 1 fully saturated rings. The largest absolute Gasteiger partial charge is 0.501 e. The number of rotatable bonds is 2. The van der Waals surface area contributed by atoms with Crippen molar-refractivity contribution in [3.8, 4) is 5.75 Å². The molecule has 0 bridgehead atoms. The summed E-state index contributed by atoms with van der Waals surface area (Å²) >= 11 is 6.32. The number of hydrogen-bond donors (Lipinski definition) is 2. The molecule has 0 spiro atoms. The van der Waals surface area contributed by atoms with Gasteiger partial charge >= 0.3 is 5.69 Å². The molecule has 21 heavy (non-hydrogen) atoms. The first-order valence-electron chi connectivity index (χ1n) is 6.69. The van der Waals surface area contributed by atoms with Crippen molar-refractivity contribution in [1.82, 2.24) is 10.3 Å². The van der Waals surface area contributed by atoms with E-state index in [4.69, 9.17) is 11.6 Å². The summed E-state index contributed by atoms with van der Waals surface area (Å²) in [6.07, 6.45) is 0.850. The molecule has 6 nitrogen and oxygen atoms in total. The molecule has 3 rings (SSSR count). The smallest absolute Gasteiger partial charge is 0.313 e. The maximum atomic E-state index is 10.9. The summed E-state index contributed by atoms with van der Waals surface area (Å²) in [5.74, 6) is -0.310. The van der Waals surface area contributed by atoms with Crippen LogP contribution in [0.2, 0.25) is 0 Å². The molecule has 1 aromatic carbocycles. The van der Waals surface area contributed by atoms with Crippen LogP contribution in [0.15, 0.2) is 24.3 Å². The molecule has 110 valence electrons. The highest BCUT2D eigenvalue weighted by molar-refractivity contribution is 6.21. The first kappa shape index (κ1) is 14.0. The van der Waals surface area contributed by atoms with Crippen LogP contribution in [0.3, 0.4) is 0 Å². The van der Waals surface area contributed by atoms with E-state index in [0.29, 0.717) is 11.9 Å². The Bertz CT molecular complexity index is 707. The van der Waals surface area contributed by atoms with E-state index in [1.54, 1.807) is 6.07 Å². The van der Waals surface area contributed by atoms with Crippen LogP contribution < -0.4 is 5.32 Å². The lowest BCUT2D eigenvalue weighted by Gasteiger charge is -2.27. The van der Waals surface area contributed by atoms with Gasteiger partial charge in [0.25, 0.3) is 0 Å². The third-order valence-corrected chi connectivity index (χ3v) is 4.28. The third-order valence-electron chi connectivity index (χ3n) is 3.82. The van der Waals surface area contributed by atoms with E-state index in [0.717, 1.165) is 18.7 Å². The van der Waals surface area contributed by atoms with Crippen LogP contribution in [0.1, 0.15) is 18.0 Å². The number of benzene rings is 1. The fourth-order valence-corrected chi connectivity index (χ4v) is 3.05. The number of piperidine rings is 1. The molecule has 2 heterocycles. The standard InChI is InChI=1S/C14H14ClN3O3/c15-10-7-16-6-5-9(10)11-3-1-8-2-4-12(18(20)21)14(19)13(8)17-11/h1-4,9-10,16,19H,5-7H2. The van der Waals surface area contributed by atoms with Gasteiger partial charge in [0.1, 0.15) is 5.52 Å². The molecule has 2 atom stereocenters. The van der Waals surface area contributed by atoms with Crippen LogP contribution >= 0.6 is 11.6 Å². The lowest BCUT2D eigenvalue weighted by molar-refractivity contribution is -0.385. The zero-order chi connectivity index (χ0) is 15.0. The van der Waals surface area contributed by atoms with E-state index in [1.165, 1.54) is 6.07 Å². The van der Waals surface area contributed by atoms with Crippen molar-refractivity contribution in [1.29, 1.82) is 0 Å². The lowest BCUT2D eigenvalue weighted by atomic mass is 9.93. The molecule has 2 unspecified atom stereocenters. The molecular formula is C14H14ClN3O3. The van der Waals surface area contributed by atoms with Crippen LogP contribution in [0.5, 0.6) is 5.75 Å². The number of hydrogen-bond acceptors (Lipinski definition) is 5. The second-order valence-corrected chi connectivity index (χ2v) is 5.67. The minimum atomic E-state index is -0.613. The van der Waals surface area contributed by atoms with Gasteiger partial charge in [-0.1, -0.05) is 6.07 Å². The van der Waals surface area contributed by atoms with Crippen molar-refractivity contribution in [2.24, 2.45) is 0 Å². The van der Waals surface area contributed by atoms with E-state index in [1.807, 2.05) is 12.1 Å². The number of alkyl halides is 1. The quantitative estimate of drug-likeness (QED) is 0.505. The number of nitrogens with one attached hydrogen (secondary N) is 1. The molecule has 0 saturated carbocycles. The van der Waals surface area contributed by atoms with Crippen molar-refractivity contribution >= 4 is 28.2 Å². The van der Waals surface area contributed by atoms with Gasteiger partial charge in [-0.3, -0.25) is 10.1 Å². The monoisotopic (exact) mass is 307 g/mol. The van der Waals surface area contributed by atoms with Gasteiger partial charge in [-0.25, -0.2) is 4.98 Å². The van der Waals surface area contributed by atoms with Gasteiger partial charge in [-0.2, -0.15) is 0 Å². The molecule has 7 heteroatoms. The fourth-order valence-electron chi connectivity index (χ4n) is 2.69. The molecule has 1 aliphatic rings. The Kier molecular flexibility index (Phi) is 3.65. The zero-order valence-electron chi connectivity index (χ0n) is 11.1. The highest BCUT2D eigenvalue weighted by Gasteiger charge is 2.26. The van der Waals surface area contributed by atoms with Gasteiger partial charge in [0.05, 0.1) is 10.3 Å². The summed E-state index contributed by atoms with van der Waals surface area (Å²) in [6, 6.07) is 6.56. The number of fused-ring (bicyclic) bond motifs is 1. The number of nitro groups is 1. The van der Waals surface area contributed by atoms with Crippen LogP contribution in [-0.4, -0.2) is 33.5 Å². The number of aromatic nitrogens is 1. The summed E-state index contributed by atoms with van der Waals surface area (Å²) < 4.78 is 0. The van der Waals surface area contributed by atoms with E-state index < -0.39 is 4.92 Å². The van der Waals surface area contributed by atoms with E-state index in [-0.39, 0.29) is 28.2 Å². The van der Waals surface area contributed by atoms with E-state index in [9.17, 15) is 15.2 Å². The van der Waals surface area contributed by atoms with E-state index >= 15 is 0 Å². The first-order chi connectivity index (χ1) is 10.1. The van der Waals surface area contributed by atoms with Crippen molar-refractivity contribution in [2.45, 2.75) is 17.7 Å². The third kappa shape index (κ3) is 2.52. The van der Waals surface area contributed by atoms with Crippen LogP contribution in [-0.2, 0) is 0 Å². The Hall–Kier alpha value is -1.92. The number of nitrogens with zero attached hydrogens (tertiary/aromatic N) is 2. The highest BCUT2D eigenvalue weighted by Crippen LogP contribution is 2.35. The SMILES string of the molecule is O=[N+]([O-])c1ccc2ccc(C3CCNCC3Cl)nc2c1O. The Morgan fingerprint density at radius 1 is 1.38 bits per heavy atom. The highest BCUT2D eigenvalue weighted by atomic mass is 35.5. The Morgan fingerprint density at radius 2 is 2.14 bits per heavy atom. The number of halogens is 1. The van der Waals surface area contributed by atoms with E-state index in [2.05, 4.69) is 10.3 Å². The average molecular weight is 308 g/mol. The first-order valence-corrected chi connectivity index (χ1v) is 7.13. The number of pyridine rings is 1. The molecule has 2 N–H and O–H groups in total. The summed E-state index contributed by atoms with van der Waals surface area (Å²) in [6.45, 7) is 1.56. The maximum absolute atomic E-state index is 10.9. The van der Waals surface area contributed by atoms with Crippen LogP contribution in [0, 0.1) is 10.1 Å². The maximum Gasteiger partial charge on any atom is 0.313 e. The van der Waals surface area contributed by atoms with Gasteiger partial charge in [0, 0.05) is 29.6 Å². The Labute approximate surface area is 125 Å². The minimum Gasteiger partial charge on any atom is -0.501 e. The van der Waals surface area contributed by atoms with Gasteiger partial charge in [0.15, 0.2) is 0 Å². The van der Waals surface area contributed by atoms with Crippen molar-refractivity contribution < 1.29 is 10.0 Å². The predicted octanol–water partition coefficient (Wildman–Crippen LogP) is 2.53. The molecule has 0 amide bonds. The predicted molar refractivity (Wildman–Crippen MR) is 79.9 cm³/mol. The van der Waals surface area contributed by atoms with Crippen molar-refractivity contribution in [2.75, 3.05) is 13.1 Å². The topological polar surface area (TPSA) is 88.3 Å².